The maximum Gasteiger partial charge on any atom is 0 e. The SMILES string of the molecule is CC(C)(C)c1ccc([SeH])cc1.[Na]. The first-order valence-corrected chi connectivity index (χ1v) is 4.73. The molecule has 0 aromatic heterocycles. The summed E-state index contributed by atoms with van der Waals surface area (Å²) < 4.78 is 1.27. The smallest absolute Gasteiger partial charge is 0 e. The molecule has 1 radical (unpaired) electrons. The minimum Gasteiger partial charge on any atom is 0 e. The van der Waals surface area contributed by atoms with Crippen molar-refractivity contribution in [2.75, 3.05) is 0 Å². The van der Waals surface area contributed by atoms with Gasteiger partial charge >= 0.3 is 76.5 Å². The van der Waals surface area contributed by atoms with E-state index in [0.717, 1.165) is 0 Å². The fraction of sp³-hybridized carbons (Fsp3) is 0.400. The van der Waals surface area contributed by atoms with E-state index < -0.39 is 0 Å². The van der Waals surface area contributed by atoms with E-state index in [-0.39, 0.29) is 35.0 Å². The monoisotopic (exact) mass is 237 g/mol. The summed E-state index contributed by atoms with van der Waals surface area (Å²) in [6.45, 7) is 6.69. The predicted molar refractivity (Wildman–Crippen MR) is 57.7 cm³/mol. The molecule has 0 unspecified atom stereocenters. The maximum absolute atomic E-state index is 2.55. The van der Waals surface area contributed by atoms with E-state index in [1.54, 1.807) is 0 Å². The Balaban J connectivity index is 0.00000121. The second kappa shape index (κ2) is 4.83. The van der Waals surface area contributed by atoms with E-state index in [9.17, 15) is 0 Å². The van der Waals surface area contributed by atoms with Crippen molar-refractivity contribution in [2.24, 2.45) is 0 Å². The molecule has 0 fully saturated rings. The van der Waals surface area contributed by atoms with Gasteiger partial charge < -0.3 is 0 Å². The van der Waals surface area contributed by atoms with Crippen molar-refractivity contribution in [3.8, 4) is 0 Å². The predicted octanol–water partition coefficient (Wildman–Crippen LogP) is 1.13. The Morgan fingerprint density at radius 1 is 1.00 bits per heavy atom. The molecule has 0 nitrogen and oxygen atoms in total. The Morgan fingerprint density at radius 2 is 1.42 bits per heavy atom. The molecule has 2 heteroatoms. The summed E-state index contributed by atoms with van der Waals surface area (Å²) in [4.78, 5) is 0. The Morgan fingerprint density at radius 3 is 1.75 bits per heavy atom. The zero-order chi connectivity index (χ0) is 8.48. The fourth-order valence-corrected chi connectivity index (χ4v) is 1.27. The maximum atomic E-state index is 2.55. The normalized spacial score (nSPS) is 10.7. The molecule has 0 aliphatic heterocycles. The van der Waals surface area contributed by atoms with E-state index >= 15 is 0 Å². The van der Waals surface area contributed by atoms with Crippen LogP contribution >= 0.6 is 0 Å². The number of hydrogen-bond donors (Lipinski definition) is 0. The molecule has 0 N–H and O–H groups in total. The van der Waals surface area contributed by atoms with Crippen molar-refractivity contribution in [1.82, 2.24) is 0 Å². The van der Waals surface area contributed by atoms with Crippen LogP contribution in [0.1, 0.15) is 26.3 Å². The van der Waals surface area contributed by atoms with Gasteiger partial charge in [0.25, 0.3) is 0 Å². The zero-order valence-electron chi connectivity index (χ0n) is 8.26. The molecule has 0 heterocycles. The molecule has 1 rings (SSSR count). The first-order valence-electron chi connectivity index (χ1n) is 3.79. The van der Waals surface area contributed by atoms with Crippen molar-refractivity contribution in [3.05, 3.63) is 29.8 Å². The van der Waals surface area contributed by atoms with Gasteiger partial charge in [-0.25, -0.2) is 0 Å². The van der Waals surface area contributed by atoms with Crippen molar-refractivity contribution in [3.63, 3.8) is 0 Å². The van der Waals surface area contributed by atoms with Gasteiger partial charge in [-0.3, -0.25) is 0 Å². The second-order valence-electron chi connectivity index (χ2n) is 3.80. The van der Waals surface area contributed by atoms with Crippen molar-refractivity contribution < 1.29 is 0 Å². The first-order chi connectivity index (χ1) is 5.00. The average molecular weight is 236 g/mol. The van der Waals surface area contributed by atoms with Crippen LogP contribution in [0.4, 0.5) is 0 Å². The van der Waals surface area contributed by atoms with Crippen LogP contribution in [-0.2, 0) is 5.41 Å². The molecule has 1 aromatic rings. The third-order valence-corrected chi connectivity index (χ3v) is 2.36. The average Bonchev–Trinajstić information content (AvgIpc) is 1.86. The molecule has 0 atom stereocenters. The Bertz CT molecular complexity index is 233. The molecular formula is C10H14NaSe. The topological polar surface area (TPSA) is 0 Å². The van der Waals surface area contributed by atoms with Gasteiger partial charge in [0.15, 0.2) is 0 Å². The van der Waals surface area contributed by atoms with Crippen LogP contribution in [0.25, 0.3) is 0 Å². The van der Waals surface area contributed by atoms with Crippen molar-refractivity contribution in [2.45, 2.75) is 26.2 Å². The van der Waals surface area contributed by atoms with E-state index in [1.807, 2.05) is 0 Å². The Hall–Kier alpha value is 0.739. The van der Waals surface area contributed by atoms with Gasteiger partial charge in [0.2, 0.25) is 0 Å². The molecule has 1 aromatic carbocycles. The summed E-state index contributed by atoms with van der Waals surface area (Å²) in [5, 5.41) is 0. The van der Waals surface area contributed by atoms with Crippen molar-refractivity contribution in [1.29, 1.82) is 0 Å². The van der Waals surface area contributed by atoms with E-state index in [1.165, 1.54) is 10.0 Å². The molecule has 0 bridgehead atoms. The zero-order valence-corrected chi connectivity index (χ0v) is 12.1. The molecule has 0 aliphatic rings. The van der Waals surface area contributed by atoms with Crippen LogP contribution in [-0.4, -0.2) is 45.6 Å². The minimum atomic E-state index is 0. The van der Waals surface area contributed by atoms with Gasteiger partial charge in [-0.1, -0.05) is 0 Å². The van der Waals surface area contributed by atoms with Crippen LogP contribution in [0.2, 0.25) is 0 Å². The summed E-state index contributed by atoms with van der Waals surface area (Å²) >= 11 is 2.55. The van der Waals surface area contributed by atoms with Crippen LogP contribution < -0.4 is 4.46 Å². The molecule has 0 amide bonds. The molecule has 12 heavy (non-hydrogen) atoms. The number of rotatable bonds is 0. The summed E-state index contributed by atoms with van der Waals surface area (Å²) in [6, 6.07) is 8.66. The van der Waals surface area contributed by atoms with Gasteiger partial charge in [0, 0.05) is 29.6 Å². The summed E-state index contributed by atoms with van der Waals surface area (Å²) in [5.74, 6) is 0. The van der Waals surface area contributed by atoms with Crippen molar-refractivity contribution >= 4 is 50.0 Å². The molecule has 61 valence electrons. The minimum absolute atomic E-state index is 0. The van der Waals surface area contributed by atoms with Gasteiger partial charge in [-0.2, -0.15) is 0 Å². The van der Waals surface area contributed by atoms with Gasteiger partial charge in [0.1, 0.15) is 0 Å². The fourth-order valence-electron chi connectivity index (χ4n) is 0.961. The van der Waals surface area contributed by atoms with Crippen LogP contribution in [0, 0.1) is 0 Å². The van der Waals surface area contributed by atoms with E-state index in [4.69, 9.17) is 0 Å². The van der Waals surface area contributed by atoms with Crippen LogP contribution in [0.3, 0.4) is 0 Å². The van der Waals surface area contributed by atoms with Gasteiger partial charge in [-0.05, 0) is 0 Å². The molecule has 0 spiro atoms. The Kier molecular flexibility index (Phi) is 5.13. The third-order valence-electron chi connectivity index (χ3n) is 1.73. The number of benzene rings is 1. The first kappa shape index (κ1) is 12.7. The molecular weight excluding hydrogens is 222 g/mol. The second-order valence-corrected chi connectivity index (χ2v) is 4.88. The molecule has 0 saturated heterocycles. The van der Waals surface area contributed by atoms with Crippen LogP contribution in [0.5, 0.6) is 0 Å². The summed E-state index contributed by atoms with van der Waals surface area (Å²) in [7, 11) is 0. The molecule has 0 aliphatic carbocycles. The number of hydrogen-bond acceptors (Lipinski definition) is 0. The molecule has 0 saturated carbocycles. The quantitative estimate of drug-likeness (QED) is 0.592. The summed E-state index contributed by atoms with van der Waals surface area (Å²) in [5.41, 5.74) is 1.67. The van der Waals surface area contributed by atoms with E-state index in [2.05, 4.69) is 61.0 Å². The standard InChI is InChI=1S/C10H14Se.Na/c1-10(2,3)8-4-6-9(11)7-5-8;/h4-7,11H,1-3H3;. The van der Waals surface area contributed by atoms with E-state index in [0.29, 0.717) is 0 Å². The van der Waals surface area contributed by atoms with Crippen LogP contribution in [0.15, 0.2) is 24.3 Å². The Labute approximate surface area is 105 Å². The van der Waals surface area contributed by atoms with Gasteiger partial charge in [0.05, 0.1) is 0 Å². The summed E-state index contributed by atoms with van der Waals surface area (Å²) in [6.07, 6.45) is 0. The largest absolute Gasteiger partial charge is 0 e. The third kappa shape index (κ3) is 3.64. The van der Waals surface area contributed by atoms with Gasteiger partial charge in [-0.15, -0.1) is 0 Å².